The second-order valence-corrected chi connectivity index (χ2v) is 7.94. The Kier molecular flexibility index (Phi) is 5.28. The van der Waals surface area contributed by atoms with E-state index in [2.05, 4.69) is 10.4 Å². The van der Waals surface area contributed by atoms with Crippen molar-refractivity contribution < 1.29 is 32.6 Å². The van der Waals surface area contributed by atoms with Crippen molar-refractivity contribution in [3.8, 4) is 0 Å². The number of nitrogens with zero attached hydrogens (tertiary/aromatic N) is 2. The molecule has 1 amide bonds. The zero-order chi connectivity index (χ0) is 22.5. The summed E-state index contributed by atoms with van der Waals surface area (Å²) in [4.78, 5) is 24.5. The van der Waals surface area contributed by atoms with Gasteiger partial charge >= 0.3 is 12.1 Å². The summed E-state index contributed by atoms with van der Waals surface area (Å²) in [5, 5.41) is 15.7. The number of carboxylic acid groups (broad SMARTS) is 1. The van der Waals surface area contributed by atoms with Crippen LogP contribution in [0, 0.1) is 5.92 Å². The summed E-state index contributed by atoms with van der Waals surface area (Å²) in [7, 11) is 1.43. The maximum absolute atomic E-state index is 13.2. The Hall–Kier alpha value is -2.88. The Balaban J connectivity index is 1.62. The maximum atomic E-state index is 13.2. The van der Waals surface area contributed by atoms with Gasteiger partial charge in [-0.1, -0.05) is 6.92 Å². The van der Waals surface area contributed by atoms with Crippen LogP contribution in [0.25, 0.3) is 0 Å². The number of aromatic carboxylic acids is 1. The summed E-state index contributed by atoms with van der Waals surface area (Å²) < 4.78 is 46.5. The van der Waals surface area contributed by atoms with Crippen molar-refractivity contribution in [2.75, 3.05) is 5.32 Å². The topological polar surface area (TPSA) is 93.5 Å². The number of nitrogens with one attached hydrogen (secondary N) is 1. The average molecular weight is 437 g/mol. The van der Waals surface area contributed by atoms with Gasteiger partial charge in [0, 0.05) is 24.3 Å². The average Bonchev–Trinajstić information content (AvgIpc) is 3.41. The normalized spacial score (nSPS) is 25.1. The number of aromatic nitrogens is 2. The van der Waals surface area contributed by atoms with Gasteiger partial charge in [-0.3, -0.25) is 9.48 Å². The molecule has 0 unspecified atom stereocenters. The Morgan fingerprint density at radius 3 is 2.58 bits per heavy atom. The van der Waals surface area contributed by atoms with Crippen LogP contribution < -0.4 is 5.32 Å². The predicted octanol–water partition coefficient (Wildman–Crippen LogP) is 3.60. The molecule has 4 atom stereocenters. The molecule has 0 spiro atoms. The Bertz CT molecular complexity index is 1030. The third kappa shape index (κ3) is 3.80. The van der Waals surface area contributed by atoms with E-state index in [4.69, 9.17) is 4.74 Å². The number of fused-ring (bicyclic) bond motifs is 2. The number of hydrogen-bond acceptors (Lipinski definition) is 4. The minimum absolute atomic E-state index is 0.163. The molecule has 0 saturated carbocycles. The van der Waals surface area contributed by atoms with Crippen LogP contribution in [0.15, 0.2) is 24.3 Å². The molecule has 1 aromatic heterocycles. The largest absolute Gasteiger partial charge is 0.478 e. The number of carboxylic acids is 1. The molecule has 31 heavy (non-hydrogen) atoms. The molecule has 7 nitrogen and oxygen atoms in total. The first-order chi connectivity index (χ1) is 14.6. The van der Waals surface area contributed by atoms with Gasteiger partial charge in [-0.15, -0.1) is 0 Å². The predicted molar refractivity (Wildman–Crippen MR) is 104 cm³/mol. The van der Waals surface area contributed by atoms with Crippen molar-refractivity contribution in [3.05, 3.63) is 46.8 Å². The molecule has 0 radical (unpaired) electrons. The highest BCUT2D eigenvalue weighted by Gasteiger charge is 2.54. The molecular weight excluding hydrogens is 415 g/mol. The highest BCUT2D eigenvalue weighted by molar-refractivity contribution is 5.95. The van der Waals surface area contributed by atoms with Gasteiger partial charge in [-0.05, 0) is 49.1 Å². The molecule has 2 saturated heterocycles. The molecule has 1 aromatic carbocycles. The van der Waals surface area contributed by atoms with Crippen LogP contribution in [0.3, 0.4) is 0 Å². The van der Waals surface area contributed by atoms with Crippen molar-refractivity contribution in [1.29, 1.82) is 0 Å². The van der Waals surface area contributed by atoms with Crippen LogP contribution in [-0.4, -0.2) is 39.0 Å². The maximum Gasteiger partial charge on any atom is 0.435 e. The van der Waals surface area contributed by atoms with Crippen LogP contribution in [0.5, 0.6) is 0 Å². The van der Waals surface area contributed by atoms with Gasteiger partial charge in [0.05, 0.1) is 23.7 Å². The summed E-state index contributed by atoms with van der Waals surface area (Å²) in [6, 6.07) is 5.54. The number of benzene rings is 1. The van der Waals surface area contributed by atoms with E-state index in [1.807, 2.05) is 6.92 Å². The number of alkyl halides is 3. The van der Waals surface area contributed by atoms with E-state index in [1.165, 1.54) is 23.9 Å². The van der Waals surface area contributed by atoms with Crippen LogP contribution in [0.4, 0.5) is 18.9 Å². The minimum atomic E-state index is -4.57. The quantitative estimate of drug-likeness (QED) is 0.746. The van der Waals surface area contributed by atoms with E-state index >= 15 is 0 Å². The first-order valence-electron chi connectivity index (χ1n) is 10.0. The van der Waals surface area contributed by atoms with Gasteiger partial charge < -0.3 is 15.2 Å². The zero-order valence-electron chi connectivity index (χ0n) is 16.9. The fraction of sp³-hybridized carbons (Fsp3) is 0.476. The van der Waals surface area contributed by atoms with E-state index in [0.717, 1.165) is 6.07 Å². The number of carbonyl (C=O) groups excluding carboxylic acids is 1. The third-order valence-electron chi connectivity index (χ3n) is 6.11. The lowest BCUT2D eigenvalue weighted by atomic mass is 9.76. The van der Waals surface area contributed by atoms with Crippen LogP contribution in [0.1, 0.15) is 53.0 Å². The fourth-order valence-corrected chi connectivity index (χ4v) is 4.72. The first kappa shape index (κ1) is 21.4. The van der Waals surface area contributed by atoms with Crippen molar-refractivity contribution in [3.63, 3.8) is 0 Å². The van der Waals surface area contributed by atoms with E-state index in [1.54, 1.807) is 6.07 Å². The highest BCUT2D eigenvalue weighted by Crippen LogP contribution is 2.49. The number of carbonyl (C=O) groups is 2. The lowest BCUT2D eigenvalue weighted by Crippen LogP contribution is -2.36. The van der Waals surface area contributed by atoms with E-state index in [-0.39, 0.29) is 23.7 Å². The standard InChI is InChI=1S/C21H22F3N3O4/c1-3-10-8-11(4-5-12(10)20(29)30)25-19(28)18-15-7-6-14(31-15)17(18)13-9-16(21(22,23)24)26-27(13)2/h4-5,8-9,14-15,17-18H,3,6-7H2,1-2H3,(H,25,28)(H,29,30)/t14-,15+,17+,18-/m0/s1. The highest BCUT2D eigenvalue weighted by atomic mass is 19.4. The van der Waals surface area contributed by atoms with Crippen LogP contribution in [0.2, 0.25) is 0 Å². The molecule has 10 heteroatoms. The molecular formula is C21H22F3N3O4. The molecule has 0 aliphatic carbocycles. The lowest BCUT2D eigenvalue weighted by molar-refractivity contribution is -0.141. The van der Waals surface area contributed by atoms with Gasteiger partial charge in [-0.2, -0.15) is 18.3 Å². The first-order valence-corrected chi connectivity index (χ1v) is 10.0. The molecule has 166 valence electrons. The number of anilines is 1. The molecule has 4 rings (SSSR count). The monoisotopic (exact) mass is 437 g/mol. The summed E-state index contributed by atoms with van der Waals surface area (Å²) in [5.74, 6) is -2.62. The van der Waals surface area contributed by atoms with Gasteiger partial charge in [0.1, 0.15) is 0 Å². The van der Waals surface area contributed by atoms with E-state index in [0.29, 0.717) is 36.2 Å². The molecule has 2 N–H and O–H groups in total. The van der Waals surface area contributed by atoms with Crippen molar-refractivity contribution in [1.82, 2.24) is 9.78 Å². The number of ether oxygens (including phenoxy) is 1. The van der Waals surface area contributed by atoms with Gasteiger partial charge in [-0.25, -0.2) is 4.79 Å². The summed E-state index contributed by atoms with van der Waals surface area (Å²) in [5.41, 5.74) is 0.497. The smallest absolute Gasteiger partial charge is 0.435 e. The molecule has 2 bridgehead atoms. The van der Waals surface area contributed by atoms with Crippen molar-refractivity contribution in [2.24, 2.45) is 13.0 Å². The second-order valence-electron chi connectivity index (χ2n) is 7.94. The van der Waals surface area contributed by atoms with Gasteiger partial charge in [0.25, 0.3) is 0 Å². The summed E-state index contributed by atoms with van der Waals surface area (Å²) >= 11 is 0. The molecule has 2 aromatic rings. The molecule has 2 aliphatic heterocycles. The van der Waals surface area contributed by atoms with Gasteiger partial charge in [0.15, 0.2) is 5.69 Å². The SMILES string of the molecule is CCc1cc(NC(=O)[C@@H]2[C@H](c3cc(C(F)(F)F)nn3C)[C@@H]3CC[C@H]2O3)ccc1C(=O)O. The number of halogens is 3. The summed E-state index contributed by atoms with van der Waals surface area (Å²) in [6.45, 7) is 1.81. The summed E-state index contributed by atoms with van der Waals surface area (Å²) in [6.07, 6.45) is -3.52. The number of aryl methyl sites for hydroxylation is 2. The zero-order valence-corrected chi connectivity index (χ0v) is 16.9. The Morgan fingerprint density at radius 1 is 1.26 bits per heavy atom. The number of rotatable bonds is 5. The third-order valence-corrected chi connectivity index (χ3v) is 6.11. The van der Waals surface area contributed by atoms with Crippen molar-refractivity contribution in [2.45, 2.75) is 50.5 Å². The fourth-order valence-electron chi connectivity index (χ4n) is 4.72. The van der Waals surface area contributed by atoms with Gasteiger partial charge in [0.2, 0.25) is 5.91 Å². The van der Waals surface area contributed by atoms with E-state index in [9.17, 15) is 27.9 Å². The molecule has 2 fully saturated rings. The molecule has 2 aliphatic rings. The molecule has 3 heterocycles. The minimum Gasteiger partial charge on any atom is -0.478 e. The second kappa shape index (κ2) is 7.67. The van der Waals surface area contributed by atoms with Crippen LogP contribution >= 0.6 is 0 Å². The Labute approximate surface area is 176 Å². The Morgan fingerprint density at radius 2 is 1.97 bits per heavy atom. The van der Waals surface area contributed by atoms with Crippen LogP contribution in [-0.2, 0) is 29.2 Å². The lowest BCUT2D eigenvalue weighted by Gasteiger charge is -2.27. The number of hydrogen-bond donors (Lipinski definition) is 2. The number of amides is 1. The van der Waals surface area contributed by atoms with E-state index < -0.39 is 29.7 Å². The van der Waals surface area contributed by atoms with Crippen molar-refractivity contribution >= 4 is 17.6 Å².